The second-order valence-electron chi connectivity index (χ2n) is 4.47. The van der Waals surface area contributed by atoms with Crippen LogP contribution in [0.2, 0.25) is 0 Å². The van der Waals surface area contributed by atoms with Crippen molar-refractivity contribution in [3.8, 4) is 0 Å². The SMILES string of the molecule is CC(N)C(C)C(=O)N(C)Cc1cccc(F)c1.Cl. The highest BCUT2D eigenvalue weighted by atomic mass is 35.5. The van der Waals surface area contributed by atoms with Crippen LogP contribution in [-0.4, -0.2) is 23.9 Å². The molecule has 0 spiro atoms. The van der Waals surface area contributed by atoms with Gasteiger partial charge in [0.15, 0.2) is 0 Å². The van der Waals surface area contributed by atoms with Crippen LogP contribution < -0.4 is 5.73 Å². The van der Waals surface area contributed by atoms with Gasteiger partial charge in [0.05, 0.1) is 5.92 Å². The van der Waals surface area contributed by atoms with E-state index in [0.29, 0.717) is 6.54 Å². The predicted molar refractivity (Wildman–Crippen MR) is 72.9 cm³/mol. The van der Waals surface area contributed by atoms with Crippen LogP contribution in [0, 0.1) is 11.7 Å². The molecule has 1 amide bonds. The lowest BCUT2D eigenvalue weighted by Crippen LogP contribution is -2.39. The molecule has 102 valence electrons. The van der Waals surface area contributed by atoms with Gasteiger partial charge in [0.1, 0.15) is 5.82 Å². The number of amides is 1. The summed E-state index contributed by atoms with van der Waals surface area (Å²) in [5.41, 5.74) is 6.46. The van der Waals surface area contributed by atoms with E-state index in [0.717, 1.165) is 5.56 Å². The van der Waals surface area contributed by atoms with Crippen LogP contribution in [0.25, 0.3) is 0 Å². The summed E-state index contributed by atoms with van der Waals surface area (Å²) < 4.78 is 13.0. The lowest BCUT2D eigenvalue weighted by molar-refractivity contribution is -0.134. The molecule has 0 heterocycles. The van der Waals surface area contributed by atoms with Gasteiger partial charge in [0.2, 0.25) is 5.91 Å². The third-order valence-corrected chi connectivity index (χ3v) is 2.86. The van der Waals surface area contributed by atoms with Crippen molar-refractivity contribution in [3.63, 3.8) is 0 Å². The summed E-state index contributed by atoms with van der Waals surface area (Å²) in [5, 5.41) is 0. The van der Waals surface area contributed by atoms with Gasteiger partial charge >= 0.3 is 0 Å². The molecule has 0 aliphatic rings. The number of benzene rings is 1. The minimum Gasteiger partial charge on any atom is -0.341 e. The monoisotopic (exact) mass is 274 g/mol. The number of hydrogen-bond acceptors (Lipinski definition) is 2. The molecule has 0 saturated carbocycles. The van der Waals surface area contributed by atoms with Crippen LogP contribution in [0.1, 0.15) is 19.4 Å². The van der Waals surface area contributed by atoms with Crippen molar-refractivity contribution in [1.82, 2.24) is 4.90 Å². The van der Waals surface area contributed by atoms with Crippen LogP contribution in [0.15, 0.2) is 24.3 Å². The Kier molecular flexibility index (Phi) is 6.88. The molecule has 5 heteroatoms. The molecule has 0 bridgehead atoms. The summed E-state index contributed by atoms with van der Waals surface area (Å²) in [6.45, 7) is 4.00. The summed E-state index contributed by atoms with van der Waals surface area (Å²) in [4.78, 5) is 13.5. The minimum atomic E-state index is -0.288. The fraction of sp³-hybridized carbons (Fsp3) is 0.462. The van der Waals surface area contributed by atoms with Crippen LogP contribution in [0.3, 0.4) is 0 Å². The average molecular weight is 275 g/mol. The minimum absolute atomic E-state index is 0. The molecule has 1 aromatic rings. The van der Waals surface area contributed by atoms with Crippen LogP contribution in [0.5, 0.6) is 0 Å². The van der Waals surface area contributed by atoms with Crippen molar-refractivity contribution in [2.75, 3.05) is 7.05 Å². The fourth-order valence-electron chi connectivity index (χ4n) is 1.56. The van der Waals surface area contributed by atoms with E-state index >= 15 is 0 Å². The van der Waals surface area contributed by atoms with Crippen LogP contribution in [0.4, 0.5) is 4.39 Å². The molecule has 2 atom stereocenters. The first-order valence-corrected chi connectivity index (χ1v) is 5.67. The quantitative estimate of drug-likeness (QED) is 0.915. The molecule has 2 unspecified atom stereocenters. The number of nitrogens with zero attached hydrogens (tertiary/aromatic N) is 1. The number of hydrogen-bond donors (Lipinski definition) is 1. The van der Waals surface area contributed by atoms with E-state index in [-0.39, 0.29) is 36.1 Å². The van der Waals surface area contributed by atoms with Gasteiger partial charge < -0.3 is 10.6 Å². The molecular formula is C13H20ClFN2O. The second-order valence-corrected chi connectivity index (χ2v) is 4.47. The van der Waals surface area contributed by atoms with E-state index in [1.807, 2.05) is 0 Å². The zero-order valence-corrected chi connectivity index (χ0v) is 11.7. The van der Waals surface area contributed by atoms with Crippen molar-refractivity contribution < 1.29 is 9.18 Å². The number of rotatable bonds is 4. The van der Waals surface area contributed by atoms with E-state index in [4.69, 9.17) is 5.73 Å². The Morgan fingerprint density at radius 2 is 2.06 bits per heavy atom. The summed E-state index contributed by atoms with van der Waals surface area (Å²) in [5.74, 6) is -0.540. The summed E-state index contributed by atoms with van der Waals surface area (Å²) in [7, 11) is 1.70. The number of carbonyl (C=O) groups excluding carboxylic acids is 1. The zero-order valence-electron chi connectivity index (χ0n) is 10.9. The summed E-state index contributed by atoms with van der Waals surface area (Å²) in [6, 6.07) is 6.06. The molecule has 3 nitrogen and oxygen atoms in total. The molecule has 0 radical (unpaired) electrons. The van der Waals surface area contributed by atoms with Crippen molar-refractivity contribution in [2.24, 2.45) is 11.7 Å². The van der Waals surface area contributed by atoms with E-state index in [1.54, 1.807) is 37.9 Å². The standard InChI is InChI=1S/C13H19FN2O.ClH/c1-9(10(2)15)13(17)16(3)8-11-5-4-6-12(14)7-11;/h4-7,9-10H,8,15H2,1-3H3;1H. The Hall–Kier alpha value is -1.13. The third-order valence-electron chi connectivity index (χ3n) is 2.86. The fourth-order valence-corrected chi connectivity index (χ4v) is 1.56. The smallest absolute Gasteiger partial charge is 0.226 e. The second kappa shape index (κ2) is 7.34. The highest BCUT2D eigenvalue weighted by Crippen LogP contribution is 2.10. The Morgan fingerprint density at radius 3 is 2.56 bits per heavy atom. The number of carbonyl (C=O) groups is 1. The van der Waals surface area contributed by atoms with E-state index in [9.17, 15) is 9.18 Å². The van der Waals surface area contributed by atoms with Crippen molar-refractivity contribution in [3.05, 3.63) is 35.6 Å². The highest BCUT2D eigenvalue weighted by Gasteiger charge is 2.20. The first kappa shape index (κ1) is 16.9. The molecule has 1 rings (SSSR count). The Morgan fingerprint density at radius 1 is 1.44 bits per heavy atom. The van der Waals surface area contributed by atoms with E-state index in [2.05, 4.69) is 0 Å². The maximum atomic E-state index is 13.0. The maximum Gasteiger partial charge on any atom is 0.226 e. The van der Waals surface area contributed by atoms with Gasteiger partial charge in [-0.15, -0.1) is 12.4 Å². The van der Waals surface area contributed by atoms with E-state index < -0.39 is 0 Å². The molecule has 0 aromatic heterocycles. The predicted octanol–water partition coefficient (Wildman–Crippen LogP) is 2.19. The first-order valence-electron chi connectivity index (χ1n) is 5.67. The molecule has 0 saturated heterocycles. The molecule has 0 aliphatic carbocycles. The first-order chi connectivity index (χ1) is 7.91. The molecule has 2 N–H and O–H groups in total. The van der Waals surface area contributed by atoms with Gasteiger partial charge in [0, 0.05) is 19.6 Å². The Balaban J connectivity index is 0.00000289. The van der Waals surface area contributed by atoms with Crippen LogP contribution >= 0.6 is 12.4 Å². The Bertz CT molecular complexity index is 398. The molecule has 0 aliphatic heterocycles. The van der Waals surface area contributed by atoms with Crippen molar-refractivity contribution in [2.45, 2.75) is 26.4 Å². The number of nitrogens with two attached hydrogens (primary N) is 1. The van der Waals surface area contributed by atoms with Gasteiger partial charge in [-0.2, -0.15) is 0 Å². The van der Waals surface area contributed by atoms with Gasteiger partial charge in [-0.1, -0.05) is 19.1 Å². The van der Waals surface area contributed by atoms with Gasteiger partial charge in [-0.3, -0.25) is 4.79 Å². The zero-order chi connectivity index (χ0) is 13.0. The molecule has 0 fully saturated rings. The average Bonchev–Trinajstić information content (AvgIpc) is 2.26. The summed E-state index contributed by atoms with van der Waals surface area (Å²) >= 11 is 0. The van der Waals surface area contributed by atoms with Gasteiger partial charge in [-0.25, -0.2) is 4.39 Å². The summed E-state index contributed by atoms with van der Waals surface area (Å²) in [6.07, 6.45) is 0. The Labute approximate surface area is 114 Å². The topological polar surface area (TPSA) is 46.3 Å². The lowest BCUT2D eigenvalue weighted by atomic mass is 10.0. The van der Waals surface area contributed by atoms with Crippen molar-refractivity contribution >= 4 is 18.3 Å². The van der Waals surface area contributed by atoms with Gasteiger partial charge in [0.25, 0.3) is 0 Å². The molecule has 1 aromatic carbocycles. The molecule has 18 heavy (non-hydrogen) atoms. The normalized spacial score (nSPS) is 13.4. The van der Waals surface area contributed by atoms with E-state index in [1.165, 1.54) is 12.1 Å². The maximum absolute atomic E-state index is 13.0. The number of halogens is 2. The van der Waals surface area contributed by atoms with Crippen LogP contribution in [-0.2, 0) is 11.3 Å². The highest BCUT2D eigenvalue weighted by molar-refractivity contribution is 5.85. The van der Waals surface area contributed by atoms with Crippen molar-refractivity contribution in [1.29, 1.82) is 0 Å². The third kappa shape index (κ3) is 4.63. The molecular weight excluding hydrogens is 255 g/mol. The van der Waals surface area contributed by atoms with Gasteiger partial charge in [-0.05, 0) is 24.6 Å². The largest absolute Gasteiger partial charge is 0.341 e. The lowest BCUT2D eigenvalue weighted by Gasteiger charge is -2.23.